The number of halogens is 1. The number of ether oxygens (including phenoxy) is 1. The summed E-state index contributed by atoms with van der Waals surface area (Å²) in [6.45, 7) is -0.0318. The third-order valence-corrected chi connectivity index (χ3v) is 6.09. The second-order valence-electron chi connectivity index (χ2n) is 5.59. The summed E-state index contributed by atoms with van der Waals surface area (Å²) in [5.74, 6) is 0.110. The molecule has 0 fully saturated rings. The molecule has 0 aliphatic carbocycles. The summed E-state index contributed by atoms with van der Waals surface area (Å²) >= 11 is 3.62. The Kier molecular flexibility index (Phi) is 5.49. The van der Waals surface area contributed by atoms with Gasteiger partial charge in [0.05, 0.1) is 17.3 Å². The largest absolute Gasteiger partial charge is 0.496 e. The number of hydrogen-bond acceptors (Lipinski definition) is 5. The molecule has 0 atom stereocenters. The van der Waals surface area contributed by atoms with E-state index in [0.717, 1.165) is 19.6 Å². The molecule has 0 radical (unpaired) electrons. The normalized spacial score (nSPS) is 10.7. The third-order valence-electron chi connectivity index (χ3n) is 4.11. The number of aliphatic hydroxyl groups is 1. The van der Waals surface area contributed by atoms with Crippen LogP contribution in [0.25, 0.3) is 22.3 Å². The van der Waals surface area contributed by atoms with Gasteiger partial charge in [-0.2, -0.15) is 0 Å². The Balaban J connectivity index is 2.28. The number of anilines is 1. The zero-order chi connectivity index (χ0) is 18.8. The predicted molar refractivity (Wildman–Crippen MR) is 113 cm³/mol. The van der Waals surface area contributed by atoms with E-state index in [1.54, 1.807) is 25.3 Å². The number of primary amides is 1. The highest BCUT2D eigenvalue weighted by atomic mass is 127. The van der Waals surface area contributed by atoms with E-state index in [9.17, 15) is 9.90 Å². The van der Waals surface area contributed by atoms with Gasteiger partial charge in [-0.15, -0.1) is 11.3 Å². The molecular formula is C19H17IN2O3S. The maximum absolute atomic E-state index is 12.0. The van der Waals surface area contributed by atoms with E-state index in [4.69, 9.17) is 16.2 Å². The number of benzene rings is 2. The first kappa shape index (κ1) is 18.7. The van der Waals surface area contributed by atoms with Crippen LogP contribution in [0.5, 0.6) is 5.75 Å². The lowest BCUT2D eigenvalue weighted by atomic mass is 9.94. The van der Waals surface area contributed by atoms with Crippen molar-refractivity contribution in [2.75, 3.05) is 12.8 Å². The Morgan fingerprint density at radius 1 is 1.23 bits per heavy atom. The van der Waals surface area contributed by atoms with E-state index in [1.807, 2.05) is 23.6 Å². The number of aliphatic hydroxyl groups excluding tert-OH is 1. The van der Waals surface area contributed by atoms with Crippen LogP contribution in [0.15, 0.2) is 41.8 Å². The number of methoxy groups -OCH3 is 1. The third kappa shape index (κ3) is 3.29. The van der Waals surface area contributed by atoms with E-state index in [2.05, 4.69) is 22.6 Å². The summed E-state index contributed by atoms with van der Waals surface area (Å²) in [4.78, 5) is 12.8. The predicted octanol–water partition coefficient (Wildman–Crippen LogP) is 3.87. The molecule has 0 aliphatic heterocycles. The minimum Gasteiger partial charge on any atom is -0.496 e. The second kappa shape index (κ2) is 7.65. The Hall–Kier alpha value is -2.10. The maximum atomic E-state index is 12.0. The molecule has 3 rings (SSSR count). The van der Waals surface area contributed by atoms with Crippen molar-refractivity contribution in [3.63, 3.8) is 0 Å². The minimum atomic E-state index is -0.531. The number of nitrogens with two attached hydrogens (primary N) is 2. The highest BCUT2D eigenvalue weighted by molar-refractivity contribution is 14.1. The first-order valence-corrected chi connectivity index (χ1v) is 9.67. The molecule has 0 spiro atoms. The lowest BCUT2D eigenvalue weighted by Crippen LogP contribution is -2.14. The molecule has 0 bridgehead atoms. The molecule has 3 aromatic rings. The van der Waals surface area contributed by atoms with Gasteiger partial charge in [-0.05, 0) is 69.4 Å². The van der Waals surface area contributed by atoms with Crippen molar-refractivity contribution in [2.45, 2.75) is 6.61 Å². The standard InChI is InChI=1S/C19H17IN2O3S/c1-25-15-5-3-12(19(22)24)17(18(15)20)13-8-10(2-4-14(13)21)11-6-7-26-16(11)9-23/h2-8,23H,9,21H2,1H3,(H2,22,24). The molecule has 5 N–H and O–H groups in total. The van der Waals surface area contributed by atoms with Crippen LogP contribution < -0.4 is 16.2 Å². The zero-order valence-electron chi connectivity index (χ0n) is 14.0. The van der Waals surface area contributed by atoms with Crippen LogP contribution in [0.4, 0.5) is 5.69 Å². The Bertz CT molecular complexity index is 985. The van der Waals surface area contributed by atoms with Crippen LogP contribution in [-0.2, 0) is 6.61 Å². The van der Waals surface area contributed by atoms with Crippen LogP contribution in [0.3, 0.4) is 0 Å². The average molecular weight is 480 g/mol. The molecule has 5 nitrogen and oxygen atoms in total. The smallest absolute Gasteiger partial charge is 0.249 e. The van der Waals surface area contributed by atoms with Crippen molar-refractivity contribution in [2.24, 2.45) is 5.73 Å². The number of rotatable bonds is 5. The monoisotopic (exact) mass is 480 g/mol. The summed E-state index contributed by atoms with van der Waals surface area (Å²) in [5.41, 5.74) is 15.9. The zero-order valence-corrected chi connectivity index (χ0v) is 16.9. The maximum Gasteiger partial charge on any atom is 0.249 e. The number of carbonyl (C=O) groups is 1. The highest BCUT2D eigenvalue weighted by Gasteiger charge is 2.20. The summed E-state index contributed by atoms with van der Waals surface area (Å²) < 4.78 is 6.15. The molecule has 1 heterocycles. The molecule has 134 valence electrons. The Labute approximate surface area is 168 Å². The fourth-order valence-electron chi connectivity index (χ4n) is 2.84. The van der Waals surface area contributed by atoms with Crippen LogP contribution in [0.1, 0.15) is 15.2 Å². The number of thiophene rings is 1. The molecule has 26 heavy (non-hydrogen) atoms. The fourth-order valence-corrected chi connectivity index (χ4v) is 4.58. The van der Waals surface area contributed by atoms with Gasteiger partial charge in [0.1, 0.15) is 5.75 Å². The van der Waals surface area contributed by atoms with E-state index in [1.165, 1.54) is 11.3 Å². The van der Waals surface area contributed by atoms with Gasteiger partial charge < -0.3 is 21.3 Å². The number of carbonyl (C=O) groups excluding carboxylic acids is 1. The van der Waals surface area contributed by atoms with Gasteiger partial charge in [0.15, 0.2) is 0 Å². The van der Waals surface area contributed by atoms with E-state index in [0.29, 0.717) is 28.1 Å². The minimum absolute atomic E-state index is 0.0318. The van der Waals surface area contributed by atoms with E-state index < -0.39 is 5.91 Å². The lowest BCUT2D eigenvalue weighted by molar-refractivity contribution is 0.100. The molecule has 0 saturated carbocycles. The molecule has 1 aromatic heterocycles. The van der Waals surface area contributed by atoms with Gasteiger partial charge in [-0.25, -0.2) is 0 Å². The highest BCUT2D eigenvalue weighted by Crippen LogP contribution is 2.40. The average Bonchev–Trinajstić information content (AvgIpc) is 3.10. The van der Waals surface area contributed by atoms with E-state index in [-0.39, 0.29) is 6.61 Å². The van der Waals surface area contributed by atoms with Gasteiger partial charge in [-0.1, -0.05) is 6.07 Å². The second-order valence-corrected chi connectivity index (χ2v) is 7.67. The van der Waals surface area contributed by atoms with Crippen molar-refractivity contribution < 1.29 is 14.6 Å². The summed E-state index contributed by atoms with van der Waals surface area (Å²) in [6, 6.07) is 10.9. The number of amides is 1. The van der Waals surface area contributed by atoms with Crippen molar-refractivity contribution >= 4 is 45.5 Å². The van der Waals surface area contributed by atoms with Crippen molar-refractivity contribution in [1.29, 1.82) is 0 Å². The molecule has 7 heteroatoms. The van der Waals surface area contributed by atoms with Crippen LogP contribution in [0, 0.1) is 3.57 Å². The van der Waals surface area contributed by atoms with Gasteiger partial charge >= 0.3 is 0 Å². The first-order valence-electron chi connectivity index (χ1n) is 7.71. The quantitative estimate of drug-likeness (QED) is 0.382. The summed E-state index contributed by atoms with van der Waals surface area (Å²) in [7, 11) is 1.57. The molecular weight excluding hydrogens is 463 g/mol. The summed E-state index contributed by atoms with van der Waals surface area (Å²) in [5, 5.41) is 11.5. The summed E-state index contributed by atoms with van der Waals surface area (Å²) in [6.07, 6.45) is 0. The topological polar surface area (TPSA) is 98.6 Å². The van der Waals surface area contributed by atoms with Gasteiger partial charge in [-0.3, -0.25) is 4.79 Å². The van der Waals surface area contributed by atoms with Crippen LogP contribution in [-0.4, -0.2) is 18.1 Å². The molecule has 1 amide bonds. The van der Waals surface area contributed by atoms with Gasteiger partial charge in [0.25, 0.3) is 0 Å². The van der Waals surface area contributed by atoms with Crippen molar-refractivity contribution in [1.82, 2.24) is 0 Å². The Morgan fingerprint density at radius 3 is 2.65 bits per heavy atom. The van der Waals surface area contributed by atoms with Crippen LogP contribution >= 0.6 is 33.9 Å². The Morgan fingerprint density at radius 2 is 2.00 bits per heavy atom. The van der Waals surface area contributed by atoms with Gasteiger partial charge in [0.2, 0.25) is 5.91 Å². The number of nitrogen functional groups attached to an aromatic ring is 1. The van der Waals surface area contributed by atoms with Crippen molar-refractivity contribution in [3.05, 3.63) is 55.8 Å². The number of hydrogen-bond donors (Lipinski definition) is 3. The molecule has 0 saturated heterocycles. The SMILES string of the molecule is COc1ccc(C(N)=O)c(-c2cc(-c3ccsc3CO)ccc2N)c1I. The first-order chi connectivity index (χ1) is 12.5. The molecule has 0 aliphatic rings. The van der Waals surface area contributed by atoms with Gasteiger partial charge in [0, 0.05) is 27.3 Å². The molecule has 0 unspecified atom stereocenters. The van der Waals surface area contributed by atoms with Crippen molar-refractivity contribution in [3.8, 4) is 28.0 Å². The molecule has 2 aromatic carbocycles. The fraction of sp³-hybridized carbons (Fsp3) is 0.105. The van der Waals surface area contributed by atoms with Crippen LogP contribution in [0.2, 0.25) is 0 Å². The lowest BCUT2D eigenvalue weighted by Gasteiger charge is -2.16. The van der Waals surface area contributed by atoms with E-state index >= 15 is 0 Å².